The number of likely N-dealkylation sites (tertiary alicyclic amines) is 1. The Bertz CT molecular complexity index is 177. The molecule has 0 aromatic rings. The lowest BCUT2D eigenvalue weighted by Gasteiger charge is -2.36. The van der Waals surface area contributed by atoms with E-state index in [-0.39, 0.29) is 5.41 Å². The van der Waals surface area contributed by atoms with Crippen LogP contribution in [0.15, 0.2) is 0 Å². The van der Waals surface area contributed by atoms with Crippen LogP contribution in [0, 0.1) is 5.41 Å². The van der Waals surface area contributed by atoms with Gasteiger partial charge in [-0.15, -0.1) is 0 Å². The van der Waals surface area contributed by atoms with Crippen LogP contribution in [0.4, 0.5) is 0 Å². The lowest BCUT2D eigenvalue weighted by atomic mass is 9.92. The fourth-order valence-corrected chi connectivity index (χ4v) is 2.52. The normalized spacial score (nSPS) is 25.2. The van der Waals surface area contributed by atoms with Crippen molar-refractivity contribution >= 4 is 0 Å². The topological polar surface area (TPSA) is 29.3 Å². The highest BCUT2D eigenvalue weighted by molar-refractivity contribution is 4.81. The largest absolute Gasteiger partial charge is 0.330 e. The molecule has 0 radical (unpaired) electrons. The minimum absolute atomic E-state index is 0.276. The second-order valence-electron chi connectivity index (χ2n) is 5.75. The van der Waals surface area contributed by atoms with Gasteiger partial charge in [-0.3, -0.25) is 4.90 Å². The maximum atomic E-state index is 5.82. The van der Waals surface area contributed by atoms with Crippen LogP contribution in [-0.2, 0) is 0 Å². The van der Waals surface area contributed by atoms with Crippen LogP contribution in [0.25, 0.3) is 0 Å². The smallest absolute Gasteiger partial charge is 0.00928 e. The van der Waals surface area contributed by atoms with Gasteiger partial charge >= 0.3 is 0 Å². The van der Waals surface area contributed by atoms with Crippen LogP contribution in [0.5, 0.6) is 0 Å². The number of hydrogen-bond acceptors (Lipinski definition) is 2. The maximum absolute atomic E-state index is 5.82. The van der Waals surface area contributed by atoms with Gasteiger partial charge in [-0.2, -0.15) is 0 Å². The third kappa shape index (κ3) is 4.12. The van der Waals surface area contributed by atoms with Gasteiger partial charge in [0.1, 0.15) is 0 Å². The molecule has 1 heterocycles. The van der Waals surface area contributed by atoms with Crippen LogP contribution in [-0.4, -0.2) is 30.6 Å². The first kappa shape index (κ1) is 13.0. The first-order valence-corrected chi connectivity index (χ1v) is 6.53. The molecule has 0 aromatic heterocycles. The van der Waals surface area contributed by atoms with Crippen LogP contribution in [0.3, 0.4) is 0 Å². The molecule has 1 saturated heterocycles. The predicted molar refractivity (Wildman–Crippen MR) is 67.0 cm³/mol. The summed E-state index contributed by atoms with van der Waals surface area (Å²) in [5, 5.41) is 0. The van der Waals surface area contributed by atoms with Crippen LogP contribution < -0.4 is 5.73 Å². The Balaban J connectivity index is 2.55. The molecule has 1 unspecified atom stereocenters. The quantitative estimate of drug-likeness (QED) is 0.776. The lowest BCUT2D eigenvalue weighted by Crippen LogP contribution is -2.43. The summed E-state index contributed by atoms with van der Waals surface area (Å²) >= 11 is 0. The summed E-state index contributed by atoms with van der Waals surface area (Å²) in [5.41, 5.74) is 6.10. The highest BCUT2D eigenvalue weighted by Gasteiger charge is 2.25. The van der Waals surface area contributed by atoms with Gasteiger partial charge in [0, 0.05) is 12.6 Å². The molecule has 1 aliphatic rings. The molecule has 0 bridgehead atoms. The Labute approximate surface area is 95.2 Å². The molecule has 0 aromatic carbocycles. The SMILES string of the molecule is CCC1CCCCCN1CC(C)(C)CN. The maximum Gasteiger partial charge on any atom is 0.00928 e. The predicted octanol–water partition coefficient (Wildman–Crippen LogP) is 2.63. The number of nitrogens with zero attached hydrogens (tertiary/aromatic N) is 1. The zero-order valence-electron chi connectivity index (χ0n) is 10.8. The Morgan fingerprint density at radius 1 is 1.27 bits per heavy atom. The summed E-state index contributed by atoms with van der Waals surface area (Å²) in [6.45, 7) is 10.1. The van der Waals surface area contributed by atoms with Crippen molar-refractivity contribution in [3.63, 3.8) is 0 Å². The van der Waals surface area contributed by atoms with Crippen molar-refractivity contribution in [2.24, 2.45) is 11.1 Å². The van der Waals surface area contributed by atoms with Gasteiger partial charge in [0.25, 0.3) is 0 Å². The first-order chi connectivity index (χ1) is 7.09. The average Bonchev–Trinajstić information content (AvgIpc) is 2.42. The number of rotatable bonds is 4. The molecule has 0 spiro atoms. The van der Waals surface area contributed by atoms with E-state index in [0.29, 0.717) is 0 Å². The summed E-state index contributed by atoms with van der Waals surface area (Å²) in [7, 11) is 0. The molecule has 2 N–H and O–H groups in total. The van der Waals surface area contributed by atoms with Gasteiger partial charge in [0.2, 0.25) is 0 Å². The third-order valence-corrected chi connectivity index (χ3v) is 3.65. The van der Waals surface area contributed by atoms with Crippen molar-refractivity contribution in [2.45, 2.75) is 58.9 Å². The fourth-order valence-electron chi connectivity index (χ4n) is 2.52. The summed E-state index contributed by atoms with van der Waals surface area (Å²) in [4.78, 5) is 2.68. The Kier molecular flexibility index (Phi) is 5.07. The highest BCUT2D eigenvalue weighted by Crippen LogP contribution is 2.23. The van der Waals surface area contributed by atoms with E-state index in [0.717, 1.165) is 12.6 Å². The van der Waals surface area contributed by atoms with E-state index >= 15 is 0 Å². The highest BCUT2D eigenvalue weighted by atomic mass is 15.2. The number of nitrogens with two attached hydrogens (primary N) is 1. The van der Waals surface area contributed by atoms with E-state index in [1.165, 1.54) is 45.2 Å². The molecule has 2 heteroatoms. The van der Waals surface area contributed by atoms with Gasteiger partial charge in [-0.25, -0.2) is 0 Å². The molecule has 15 heavy (non-hydrogen) atoms. The van der Waals surface area contributed by atoms with Crippen LogP contribution >= 0.6 is 0 Å². The summed E-state index contributed by atoms with van der Waals surface area (Å²) in [6.07, 6.45) is 6.88. The Morgan fingerprint density at radius 2 is 2.00 bits per heavy atom. The Hall–Kier alpha value is -0.0800. The molecule has 1 aliphatic heterocycles. The van der Waals surface area contributed by atoms with E-state index in [9.17, 15) is 0 Å². The van der Waals surface area contributed by atoms with Crippen molar-refractivity contribution in [1.82, 2.24) is 4.90 Å². The second-order valence-corrected chi connectivity index (χ2v) is 5.75. The van der Waals surface area contributed by atoms with E-state index in [1.54, 1.807) is 0 Å². The molecule has 1 rings (SSSR count). The monoisotopic (exact) mass is 212 g/mol. The van der Waals surface area contributed by atoms with Crippen molar-refractivity contribution < 1.29 is 0 Å². The minimum atomic E-state index is 0.276. The van der Waals surface area contributed by atoms with Gasteiger partial charge < -0.3 is 5.73 Å². The fraction of sp³-hybridized carbons (Fsp3) is 1.00. The lowest BCUT2D eigenvalue weighted by molar-refractivity contribution is 0.131. The van der Waals surface area contributed by atoms with E-state index in [4.69, 9.17) is 5.73 Å². The summed E-state index contributed by atoms with van der Waals surface area (Å²) in [6, 6.07) is 0.804. The third-order valence-electron chi connectivity index (χ3n) is 3.65. The zero-order chi connectivity index (χ0) is 11.3. The van der Waals surface area contributed by atoms with Crippen molar-refractivity contribution in [1.29, 1.82) is 0 Å². The second kappa shape index (κ2) is 5.86. The molecule has 0 amide bonds. The van der Waals surface area contributed by atoms with Crippen molar-refractivity contribution in [3.8, 4) is 0 Å². The number of hydrogen-bond donors (Lipinski definition) is 1. The van der Waals surface area contributed by atoms with Gasteiger partial charge in [-0.05, 0) is 37.8 Å². The summed E-state index contributed by atoms with van der Waals surface area (Å²) in [5.74, 6) is 0. The minimum Gasteiger partial charge on any atom is -0.330 e. The van der Waals surface area contributed by atoms with Gasteiger partial charge in [0.15, 0.2) is 0 Å². The van der Waals surface area contributed by atoms with Crippen LogP contribution in [0.1, 0.15) is 52.9 Å². The van der Waals surface area contributed by atoms with E-state index < -0.39 is 0 Å². The van der Waals surface area contributed by atoms with Gasteiger partial charge in [-0.1, -0.05) is 33.6 Å². The molecular formula is C13H28N2. The molecular weight excluding hydrogens is 184 g/mol. The molecule has 1 atom stereocenters. The Morgan fingerprint density at radius 3 is 2.60 bits per heavy atom. The van der Waals surface area contributed by atoms with Crippen molar-refractivity contribution in [3.05, 3.63) is 0 Å². The standard InChI is InChI=1S/C13H28N2/c1-4-12-8-6-5-7-9-15(12)11-13(2,3)10-14/h12H,4-11,14H2,1-3H3. The zero-order valence-corrected chi connectivity index (χ0v) is 10.8. The van der Waals surface area contributed by atoms with E-state index in [1.807, 2.05) is 0 Å². The summed E-state index contributed by atoms with van der Waals surface area (Å²) < 4.78 is 0. The van der Waals surface area contributed by atoms with Gasteiger partial charge in [0.05, 0.1) is 0 Å². The van der Waals surface area contributed by atoms with Crippen molar-refractivity contribution in [2.75, 3.05) is 19.6 Å². The van der Waals surface area contributed by atoms with E-state index in [2.05, 4.69) is 25.7 Å². The first-order valence-electron chi connectivity index (χ1n) is 6.53. The molecule has 1 fully saturated rings. The molecule has 0 saturated carbocycles. The molecule has 90 valence electrons. The average molecular weight is 212 g/mol. The molecule has 2 nitrogen and oxygen atoms in total. The van der Waals surface area contributed by atoms with Crippen LogP contribution in [0.2, 0.25) is 0 Å². The molecule has 0 aliphatic carbocycles.